The van der Waals surface area contributed by atoms with Gasteiger partial charge in [0.25, 0.3) is 5.91 Å². The first-order valence-electron chi connectivity index (χ1n) is 7.45. The quantitative estimate of drug-likeness (QED) is 0.797. The molecule has 1 aliphatic rings. The van der Waals surface area contributed by atoms with Crippen molar-refractivity contribution >= 4 is 34.0 Å². The molecule has 0 aliphatic carbocycles. The van der Waals surface area contributed by atoms with Gasteiger partial charge in [0.2, 0.25) is 10.0 Å². The molecule has 0 fully saturated rings. The van der Waals surface area contributed by atoms with Crippen LogP contribution in [0.1, 0.15) is 29.8 Å². The number of carbonyl (C=O) groups is 1. The zero-order valence-corrected chi connectivity index (χ0v) is 15.3. The molecule has 23 heavy (non-hydrogen) atoms. The van der Waals surface area contributed by atoms with E-state index in [-0.39, 0.29) is 24.4 Å². The zero-order valence-electron chi connectivity index (χ0n) is 13.6. The molecule has 8 heteroatoms. The van der Waals surface area contributed by atoms with Gasteiger partial charge in [0.15, 0.2) is 0 Å². The third-order valence-electron chi connectivity index (χ3n) is 3.72. The van der Waals surface area contributed by atoms with E-state index in [0.29, 0.717) is 30.8 Å². The summed E-state index contributed by atoms with van der Waals surface area (Å²) in [7, 11) is -3.25. The van der Waals surface area contributed by atoms with Crippen LogP contribution in [0, 0.1) is 0 Å². The molecule has 0 radical (unpaired) electrons. The van der Waals surface area contributed by atoms with Gasteiger partial charge >= 0.3 is 0 Å². The molecule has 2 N–H and O–H groups in total. The Balaban J connectivity index is 0.00000264. The first-order chi connectivity index (χ1) is 10.3. The van der Waals surface area contributed by atoms with Gasteiger partial charge in [-0.2, -0.15) is 0 Å². The number of nitrogens with one attached hydrogen (secondary N) is 2. The number of hydrogen-bond acceptors (Lipinski definition) is 4. The summed E-state index contributed by atoms with van der Waals surface area (Å²) in [6.45, 7) is 5.88. The predicted molar refractivity (Wildman–Crippen MR) is 95.1 cm³/mol. The predicted octanol–water partition coefficient (Wildman–Crippen LogP) is 1.16. The van der Waals surface area contributed by atoms with Crippen molar-refractivity contribution in [1.82, 2.24) is 10.6 Å². The largest absolute Gasteiger partial charge is 0.350 e. The van der Waals surface area contributed by atoms with Crippen molar-refractivity contribution in [3.63, 3.8) is 0 Å². The van der Waals surface area contributed by atoms with Crippen LogP contribution in [0.25, 0.3) is 0 Å². The molecular weight excluding hydrogens is 338 g/mol. The summed E-state index contributed by atoms with van der Waals surface area (Å²) in [6, 6.07) is 5.39. The smallest absolute Gasteiger partial charge is 0.251 e. The summed E-state index contributed by atoms with van der Waals surface area (Å²) in [4.78, 5) is 12.2. The van der Waals surface area contributed by atoms with Gasteiger partial charge in [0.1, 0.15) is 0 Å². The van der Waals surface area contributed by atoms with Gasteiger partial charge in [-0.1, -0.05) is 6.92 Å². The third kappa shape index (κ3) is 4.83. The average Bonchev–Trinajstić information content (AvgIpc) is 2.88. The Morgan fingerprint density at radius 1 is 1.39 bits per heavy atom. The van der Waals surface area contributed by atoms with Crippen molar-refractivity contribution in [3.8, 4) is 0 Å². The minimum absolute atomic E-state index is 0. The van der Waals surface area contributed by atoms with E-state index in [9.17, 15) is 13.2 Å². The van der Waals surface area contributed by atoms with Crippen LogP contribution in [0.2, 0.25) is 0 Å². The van der Waals surface area contributed by atoms with Crippen molar-refractivity contribution in [2.24, 2.45) is 0 Å². The summed E-state index contributed by atoms with van der Waals surface area (Å²) in [6.07, 6.45) is 1.84. The number of fused-ring (bicyclic) bond motifs is 1. The van der Waals surface area contributed by atoms with Gasteiger partial charge in [-0.3, -0.25) is 9.10 Å². The number of sulfonamides is 1. The molecule has 0 saturated carbocycles. The second-order valence-corrected chi connectivity index (χ2v) is 7.50. The Hall–Kier alpha value is -1.31. The van der Waals surface area contributed by atoms with E-state index in [1.807, 2.05) is 13.8 Å². The molecule has 0 bridgehead atoms. The van der Waals surface area contributed by atoms with Crippen LogP contribution in [0.15, 0.2) is 18.2 Å². The third-order valence-corrected chi connectivity index (χ3v) is 4.90. The SMILES string of the molecule is CCN[C@H](C)CNC(=O)c1ccc2c(c1)CCN2S(C)(=O)=O.Cl. The van der Waals surface area contributed by atoms with Crippen LogP contribution in [0.3, 0.4) is 0 Å². The summed E-state index contributed by atoms with van der Waals surface area (Å²) in [5, 5.41) is 6.11. The van der Waals surface area contributed by atoms with Crippen LogP contribution in [-0.4, -0.2) is 46.3 Å². The molecule has 2 rings (SSSR count). The number of benzene rings is 1. The van der Waals surface area contributed by atoms with E-state index in [4.69, 9.17) is 0 Å². The topological polar surface area (TPSA) is 78.5 Å². The van der Waals surface area contributed by atoms with Crippen LogP contribution in [0.4, 0.5) is 5.69 Å². The molecule has 1 atom stereocenters. The van der Waals surface area contributed by atoms with Gasteiger partial charge < -0.3 is 10.6 Å². The summed E-state index contributed by atoms with van der Waals surface area (Å²) in [5.41, 5.74) is 2.15. The molecule has 1 aromatic carbocycles. The maximum atomic E-state index is 12.2. The van der Waals surface area contributed by atoms with Crippen LogP contribution < -0.4 is 14.9 Å². The van der Waals surface area contributed by atoms with E-state index < -0.39 is 10.0 Å². The Labute approximate surface area is 144 Å². The lowest BCUT2D eigenvalue weighted by molar-refractivity contribution is 0.0950. The maximum Gasteiger partial charge on any atom is 0.251 e. The van der Waals surface area contributed by atoms with Crippen LogP contribution in [-0.2, 0) is 16.4 Å². The molecule has 0 aromatic heterocycles. The lowest BCUT2D eigenvalue weighted by Gasteiger charge is -2.17. The number of hydrogen-bond donors (Lipinski definition) is 2. The van der Waals surface area contributed by atoms with Gasteiger partial charge in [0.05, 0.1) is 11.9 Å². The Morgan fingerprint density at radius 2 is 2.09 bits per heavy atom. The van der Waals surface area contributed by atoms with Crippen LogP contribution in [0.5, 0.6) is 0 Å². The van der Waals surface area contributed by atoms with Crippen molar-refractivity contribution in [2.45, 2.75) is 26.3 Å². The lowest BCUT2D eigenvalue weighted by Crippen LogP contribution is -2.38. The van der Waals surface area contributed by atoms with Crippen molar-refractivity contribution in [3.05, 3.63) is 29.3 Å². The molecule has 1 aromatic rings. The highest BCUT2D eigenvalue weighted by molar-refractivity contribution is 7.92. The fourth-order valence-electron chi connectivity index (χ4n) is 2.63. The molecule has 0 saturated heterocycles. The van der Waals surface area contributed by atoms with E-state index in [1.165, 1.54) is 10.6 Å². The first-order valence-corrected chi connectivity index (χ1v) is 9.30. The highest BCUT2D eigenvalue weighted by atomic mass is 35.5. The summed E-state index contributed by atoms with van der Waals surface area (Å²) < 4.78 is 24.8. The van der Waals surface area contributed by atoms with E-state index in [1.54, 1.807) is 18.2 Å². The number of carbonyl (C=O) groups excluding carboxylic acids is 1. The van der Waals surface area contributed by atoms with Crippen LogP contribution >= 0.6 is 12.4 Å². The molecular formula is C15H24ClN3O3S. The van der Waals surface area contributed by atoms with Gasteiger partial charge in [-0.15, -0.1) is 12.4 Å². The van der Waals surface area contributed by atoms with Gasteiger partial charge in [0, 0.05) is 24.7 Å². The standard InChI is InChI=1S/C15H23N3O3S.ClH/c1-4-16-11(2)10-17-15(19)13-5-6-14-12(9-13)7-8-18(14)22(3,20)21;/h5-6,9,11,16H,4,7-8,10H2,1-3H3,(H,17,19);1H/t11-;/m1./s1. The number of likely N-dealkylation sites (N-methyl/N-ethyl adjacent to an activating group) is 1. The average molecular weight is 362 g/mol. The second-order valence-electron chi connectivity index (χ2n) is 5.60. The number of nitrogens with zero attached hydrogens (tertiary/aromatic N) is 1. The summed E-state index contributed by atoms with van der Waals surface area (Å²) in [5.74, 6) is -0.134. The summed E-state index contributed by atoms with van der Waals surface area (Å²) >= 11 is 0. The lowest BCUT2D eigenvalue weighted by atomic mass is 10.1. The molecule has 1 heterocycles. The monoisotopic (exact) mass is 361 g/mol. The number of amides is 1. The van der Waals surface area contributed by atoms with Gasteiger partial charge in [-0.05, 0) is 43.7 Å². The first kappa shape index (κ1) is 19.7. The van der Waals surface area contributed by atoms with E-state index in [0.717, 1.165) is 12.1 Å². The Morgan fingerprint density at radius 3 is 2.70 bits per heavy atom. The molecule has 1 amide bonds. The second kappa shape index (κ2) is 7.99. The molecule has 6 nitrogen and oxygen atoms in total. The fraction of sp³-hybridized carbons (Fsp3) is 0.533. The number of anilines is 1. The number of halogens is 1. The molecule has 1 aliphatic heterocycles. The minimum atomic E-state index is -3.25. The highest BCUT2D eigenvalue weighted by Gasteiger charge is 2.26. The van der Waals surface area contributed by atoms with Gasteiger partial charge in [-0.25, -0.2) is 8.42 Å². The van der Waals surface area contributed by atoms with Crippen molar-refractivity contribution in [2.75, 3.05) is 30.2 Å². The Kier molecular flexibility index (Phi) is 6.85. The molecule has 130 valence electrons. The Bertz CT molecular complexity index is 664. The minimum Gasteiger partial charge on any atom is -0.350 e. The van der Waals surface area contributed by atoms with Crippen molar-refractivity contribution < 1.29 is 13.2 Å². The van der Waals surface area contributed by atoms with E-state index in [2.05, 4.69) is 10.6 Å². The molecule has 0 spiro atoms. The number of rotatable bonds is 6. The molecule has 0 unspecified atom stereocenters. The van der Waals surface area contributed by atoms with E-state index >= 15 is 0 Å². The normalized spacial score (nSPS) is 14.8. The fourth-order valence-corrected chi connectivity index (χ4v) is 3.58. The maximum absolute atomic E-state index is 12.2. The highest BCUT2D eigenvalue weighted by Crippen LogP contribution is 2.30. The zero-order chi connectivity index (χ0) is 16.3. The van der Waals surface area contributed by atoms with Crippen molar-refractivity contribution in [1.29, 1.82) is 0 Å².